The van der Waals surface area contributed by atoms with E-state index in [9.17, 15) is 0 Å². The minimum absolute atomic E-state index is 0.339. The Labute approximate surface area is 153 Å². The molecule has 2 saturated heterocycles. The first-order valence-electron chi connectivity index (χ1n) is 8.47. The van der Waals surface area contributed by atoms with E-state index in [4.69, 9.17) is 14.7 Å². The fourth-order valence-electron chi connectivity index (χ4n) is 2.82. The monoisotopic (exact) mass is 362 g/mol. The van der Waals surface area contributed by atoms with Crippen molar-refractivity contribution in [2.75, 3.05) is 18.8 Å². The number of halogens is 1. The van der Waals surface area contributed by atoms with Crippen LogP contribution in [0.1, 0.15) is 33.3 Å². The van der Waals surface area contributed by atoms with Crippen molar-refractivity contribution in [2.24, 2.45) is 0 Å². The smallest absolute Gasteiger partial charge is 0.398 e. The zero-order valence-electron chi connectivity index (χ0n) is 15.1. The number of hydrogen-bond donors (Lipinski definition) is 1. The van der Waals surface area contributed by atoms with E-state index in [1.165, 1.54) is 11.8 Å². The first-order chi connectivity index (χ1) is 11.7. The van der Waals surface area contributed by atoms with Gasteiger partial charge in [0.2, 0.25) is 0 Å². The van der Waals surface area contributed by atoms with Gasteiger partial charge in [0.05, 0.1) is 11.2 Å². The SMILES string of the molecule is CC1(C)OB(C(F)=C(CN2CCSC2=N)c2ccccc2)OC1(C)C. The van der Waals surface area contributed by atoms with E-state index in [1.54, 1.807) is 0 Å². The van der Waals surface area contributed by atoms with Gasteiger partial charge in [-0.25, -0.2) is 4.39 Å². The minimum Gasteiger partial charge on any atom is -0.398 e. The predicted octanol–water partition coefficient (Wildman–Crippen LogP) is 3.98. The number of benzene rings is 1. The molecule has 0 aliphatic carbocycles. The second-order valence-electron chi connectivity index (χ2n) is 7.36. The highest BCUT2D eigenvalue weighted by atomic mass is 32.2. The summed E-state index contributed by atoms with van der Waals surface area (Å²) in [5.74, 6) is 0.860. The molecule has 0 unspecified atom stereocenters. The zero-order valence-corrected chi connectivity index (χ0v) is 16.0. The maximum Gasteiger partial charge on any atom is 0.525 e. The number of nitrogens with zero attached hydrogens (tertiary/aromatic N) is 1. The zero-order chi connectivity index (χ0) is 18.2. The van der Waals surface area contributed by atoms with Crippen molar-refractivity contribution in [3.63, 3.8) is 0 Å². The van der Waals surface area contributed by atoms with E-state index >= 15 is 4.39 Å². The van der Waals surface area contributed by atoms with Crippen molar-refractivity contribution in [1.29, 1.82) is 5.41 Å². The molecule has 0 atom stereocenters. The van der Waals surface area contributed by atoms with Crippen molar-refractivity contribution < 1.29 is 13.7 Å². The predicted molar refractivity (Wildman–Crippen MR) is 102 cm³/mol. The van der Waals surface area contributed by atoms with Gasteiger partial charge in [-0.3, -0.25) is 5.41 Å². The van der Waals surface area contributed by atoms with Crippen LogP contribution in [0.3, 0.4) is 0 Å². The largest absolute Gasteiger partial charge is 0.525 e. The minimum atomic E-state index is -1.02. The Balaban J connectivity index is 1.95. The van der Waals surface area contributed by atoms with Crippen LogP contribution in [0.15, 0.2) is 36.1 Å². The molecule has 2 aliphatic heterocycles. The summed E-state index contributed by atoms with van der Waals surface area (Å²) in [6.45, 7) is 8.73. The average molecular weight is 362 g/mol. The van der Waals surface area contributed by atoms with Crippen LogP contribution in [-0.4, -0.2) is 47.2 Å². The maximum absolute atomic E-state index is 15.5. The molecule has 1 aromatic rings. The van der Waals surface area contributed by atoms with Gasteiger partial charge in [0.1, 0.15) is 5.73 Å². The highest BCUT2D eigenvalue weighted by Gasteiger charge is 2.53. The second-order valence-corrected chi connectivity index (χ2v) is 8.44. The van der Waals surface area contributed by atoms with E-state index < -0.39 is 24.0 Å². The Morgan fingerprint density at radius 1 is 1.20 bits per heavy atom. The summed E-state index contributed by atoms with van der Waals surface area (Å²) in [6.07, 6.45) is 0. The number of hydrogen-bond acceptors (Lipinski definition) is 4. The number of nitrogens with one attached hydrogen (secondary N) is 1. The lowest BCUT2D eigenvalue weighted by Crippen LogP contribution is -2.41. The van der Waals surface area contributed by atoms with Crippen LogP contribution in [0.5, 0.6) is 0 Å². The van der Waals surface area contributed by atoms with Crippen molar-refractivity contribution in [3.05, 3.63) is 41.6 Å². The number of thioether (sulfide) groups is 1. The third-order valence-electron chi connectivity index (χ3n) is 5.11. The van der Waals surface area contributed by atoms with Crippen LogP contribution < -0.4 is 0 Å². The molecule has 2 heterocycles. The van der Waals surface area contributed by atoms with Crippen LogP contribution in [-0.2, 0) is 9.31 Å². The highest BCUT2D eigenvalue weighted by Crippen LogP contribution is 2.40. The van der Waals surface area contributed by atoms with E-state index in [-0.39, 0.29) is 0 Å². The molecule has 2 aliphatic rings. The van der Waals surface area contributed by atoms with E-state index in [0.29, 0.717) is 17.3 Å². The molecular weight excluding hydrogens is 338 g/mol. The van der Waals surface area contributed by atoms with Gasteiger partial charge in [0.25, 0.3) is 0 Å². The first-order valence-corrected chi connectivity index (χ1v) is 9.46. The number of amidine groups is 1. The van der Waals surface area contributed by atoms with Crippen molar-refractivity contribution in [3.8, 4) is 0 Å². The molecule has 0 radical (unpaired) electrons. The Kier molecular flexibility index (Phi) is 5.01. The van der Waals surface area contributed by atoms with Gasteiger partial charge in [-0.05, 0) is 33.3 Å². The molecule has 0 saturated carbocycles. The molecule has 25 heavy (non-hydrogen) atoms. The van der Waals surface area contributed by atoms with Crippen LogP contribution >= 0.6 is 11.8 Å². The lowest BCUT2D eigenvalue weighted by molar-refractivity contribution is 0.00578. The van der Waals surface area contributed by atoms with Crippen LogP contribution in [0.4, 0.5) is 4.39 Å². The highest BCUT2D eigenvalue weighted by molar-refractivity contribution is 8.14. The third-order valence-corrected chi connectivity index (χ3v) is 6.03. The summed E-state index contributed by atoms with van der Waals surface area (Å²) < 4.78 is 27.2. The quantitative estimate of drug-likeness (QED) is 0.823. The molecule has 7 heteroatoms. The van der Waals surface area contributed by atoms with Crippen molar-refractivity contribution >= 4 is 29.6 Å². The summed E-state index contributed by atoms with van der Waals surface area (Å²) in [7, 11) is -1.02. The molecule has 0 spiro atoms. The maximum atomic E-state index is 15.5. The Morgan fingerprint density at radius 2 is 1.80 bits per heavy atom. The molecule has 134 valence electrons. The number of rotatable bonds is 4. The van der Waals surface area contributed by atoms with Gasteiger partial charge in [0, 0.05) is 24.4 Å². The molecule has 2 fully saturated rings. The first kappa shape index (κ1) is 18.5. The fourth-order valence-corrected chi connectivity index (χ4v) is 3.66. The second kappa shape index (κ2) is 6.78. The molecule has 1 aromatic carbocycles. The van der Waals surface area contributed by atoms with Gasteiger partial charge in [-0.15, -0.1) is 0 Å². The molecular formula is C18H24BFN2O2S. The van der Waals surface area contributed by atoms with Crippen LogP contribution in [0, 0.1) is 5.41 Å². The van der Waals surface area contributed by atoms with Crippen LogP contribution in [0.25, 0.3) is 5.57 Å². The van der Waals surface area contributed by atoms with Gasteiger partial charge < -0.3 is 14.2 Å². The summed E-state index contributed by atoms with van der Waals surface area (Å²) in [5, 5.41) is 8.50. The van der Waals surface area contributed by atoms with Gasteiger partial charge in [-0.2, -0.15) is 0 Å². The molecule has 3 rings (SSSR count). The summed E-state index contributed by atoms with van der Waals surface area (Å²) >= 11 is 1.49. The van der Waals surface area contributed by atoms with Crippen molar-refractivity contribution in [2.45, 2.75) is 38.9 Å². The molecule has 0 bridgehead atoms. The average Bonchev–Trinajstić information content (AvgIpc) is 3.05. The third kappa shape index (κ3) is 3.64. The summed E-state index contributed by atoms with van der Waals surface area (Å²) in [6, 6.07) is 9.44. The fraction of sp³-hybridized carbons (Fsp3) is 0.500. The van der Waals surface area contributed by atoms with Crippen molar-refractivity contribution in [1.82, 2.24) is 4.90 Å². The van der Waals surface area contributed by atoms with Gasteiger partial charge in [-0.1, -0.05) is 42.1 Å². The lowest BCUT2D eigenvalue weighted by atomic mass is 9.82. The van der Waals surface area contributed by atoms with E-state index in [1.807, 2.05) is 62.9 Å². The van der Waals surface area contributed by atoms with Gasteiger partial charge in [0.15, 0.2) is 5.17 Å². The topological polar surface area (TPSA) is 45.5 Å². The standard InChI is InChI=1S/C18H24BFN2O2S/c1-17(2)18(3,4)24-19(23-17)15(20)14(13-8-6-5-7-9-13)12-22-10-11-25-16(22)21/h5-9,21H,10-12H2,1-4H3. The molecule has 4 nitrogen and oxygen atoms in total. The Morgan fingerprint density at radius 3 is 2.32 bits per heavy atom. The van der Waals surface area contributed by atoms with E-state index in [0.717, 1.165) is 17.9 Å². The normalized spacial score (nSPS) is 23.2. The Hall–Kier alpha value is -1.31. The summed E-state index contributed by atoms with van der Waals surface area (Å²) in [4.78, 5) is 1.89. The molecule has 0 amide bonds. The Bertz CT molecular complexity index is 678. The molecule has 0 aromatic heterocycles. The lowest BCUT2D eigenvalue weighted by Gasteiger charge is -2.32. The van der Waals surface area contributed by atoms with E-state index in [2.05, 4.69) is 0 Å². The van der Waals surface area contributed by atoms with Gasteiger partial charge >= 0.3 is 7.12 Å². The summed E-state index contributed by atoms with van der Waals surface area (Å²) in [5.41, 5.74) is -0.277. The van der Waals surface area contributed by atoms with Crippen LogP contribution in [0.2, 0.25) is 0 Å². The molecule has 1 N–H and O–H groups in total.